The Balaban J connectivity index is 1.98. The minimum Gasteiger partial charge on any atom is -0.381 e. The summed E-state index contributed by atoms with van der Waals surface area (Å²) in [5.41, 5.74) is 0. The monoisotopic (exact) mass is 369 g/mol. The van der Waals surface area contributed by atoms with Gasteiger partial charge in [0.25, 0.3) is 0 Å². The molecule has 1 N–H and O–H groups in total. The Morgan fingerprint density at radius 2 is 1.54 bits per heavy atom. The van der Waals surface area contributed by atoms with E-state index in [0.717, 1.165) is 51.7 Å². The Bertz CT molecular complexity index is 401. The van der Waals surface area contributed by atoms with Gasteiger partial charge in [-0.1, -0.05) is 27.7 Å². The van der Waals surface area contributed by atoms with Gasteiger partial charge < -0.3 is 14.8 Å². The first kappa shape index (κ1) is 23.1. The highest BCUT2D eigenvalue weighted by atomic mass is 16.5. The molecule has 0 bridgehead atoms. The minimum absolute atomic E-state index is 0.104. The van der Waals surface area contributed by atoms with Gasteiger partial charge in [-0.05, 0) is 44.4 Å². The van der Waals surface area contributed by atoms with E-state index in [1.807, 2.05) is 13.8 Å². The fraction of sp³-hybridized carbons (Fsp3) is 0.905. The third kappa shape index (κ3) is 10.3. The summed E-state index contributed by atoms with van der Waals surface area (Å²) in [7, 11) is 0. The molecule has 1 rings (SSSR count). The predicted octanol–water partition coefficient (Wildman–Crippen LogP) is 3.75. The van der Waals surface area contributed by atoms with Crippen molar-refractivity contribution in [3.8, 4) is 0 Å². The van der Waals surface area contributed by atoms with E-state index in [4.69, 9.17) is 9.47 Å². The van der Waals surface area contributed by atoms with E-state index in [1.165, 1.54) is 0 Å². The molecule has 5 heteroatoms. The second-order valence-corrected chi connectivity index (χ2v) is 8.21. The Morgan fingerprint density at radius 1 is 0.923 bits per heavy atom. The first-order valence-electron chi connectivity index (χ1n) is 10.4. The maximum Gasteiger partial charge on any atom is 0.220 e. The lowest BCUT2D eigenvalue weighted by atomic mass is 9.80. The molecule has 5 nitrogen and oxygen atoms in total. The van der Waals surface area contributed by atoms with Crippen LogP contribution in [0.2, 0.25) is 0 Å². The molecule has 0 aliphatic heterocycles. The number of rotatable bonds is 13. The minimum atomic E-state index is 0.104. The van der Waals surface area contributed by atoms with Gasteiger partial charge in [0.15, 0.2) is 0 Å². The van der Waals surface area contributed by atoms with E-state index in [1.54, 1.807) is 0 Å². The predicted molar refractivity (Wildman–Crippen MR) is 104 cm³/mol. The van der Waals surface area contributed by atoms with Crippen molar-refractivity contribution in [3.05, 3.63) is 0 Å². The Labute approximate surface area is 159 Å². The topological polar surface area (TPSA) is 64.6 Å². The molecule has 1 amide bonds. The third-order valence-corrected chi connectivity index (χ3v) is 4.78. The van der Waals surface area contributed by atoms with Crippen molar-refractivity contribution < 1.29 is 19.1 Å². The van der Waals surface area contributed by atoms with Gasteiger partial charge in [-0.15, -0.1) is 0 Å². The Hall–Kier alpha value is -0.940. The number of ether oxygens (including phenoxy) is 2. The van der Waals surface area contributed by atoms with Crippen molar-refractivity contribution in [2.75, 3.05) is 26.4 Å². The molecule has 0 aromatic heterocycles. The lowest BCUT2D eigenvalue weighted by Crippen LogP contribution is -2.39. The van der Waals surface area contributed by atoms with Crippen LogP contribution in [0.3, 0.4) is 0 Å². The van der Waals surface area contributed by atoms with Crippen molar-refractivity contribution in [2.24, 2.45) is 17.8 Å². The molecule has 0 spiro atoms. The molecule has 0 radical (unpaired) electrons. The average Bonchev–Trinajstić information content (AvgIpc) is 2.60. The van der Waals surface area contributed by atoms with Gasteiger partial charge in [0, 0.05) is 50.7 Å². The molecule has 152 valence electrons. The molecule has 26 heavy (non-hydrogen) atoms. The second-order valence-electron chi connectivity index (χ2n) is 8.21. The molecular weight excluding hydrogens is 330 g/mol. The maximum absolute atomic E-state index is 12.0. The van der Waals surface area contributed by atoms with Gasteiger partial charge in [0.1, 0.15) is 5.78 Å². The summed E-state index contributed by atoms with van der Waals surface area (Å²) in [5, 5.41) is 3.11. The van der Waals surface area contributed by atoms with Gasteiger partial charge in [0.2, 0.25) is 5.91 Å². The highest BCUT2D eigenvalue weighted by Gasteiger charge is 2.27. The molecule has 1 saturated carbocycles. The molecule has 0 heterocycles. The number of carbonyl (C=O) groups excluding carboxylic acids is 2. The lowest BCUT2D eigenvalue weighted by molar-refractivity contribution is -0.127. The summed E-state index contributed by atoms with van der Waals surface area (Å²) >= 11 is 0. The molecule has 1 aliphatic carbocycles. The first-order valence-corrected chi connectivity index (χ1v) is 10.4. The zero-order chi connectivity index (χ0) is 19.4. The fourth-order valence-electron chi connectivity index (χ4n) is 3.31. The van der Waals surface area contributed by atoms with Crippen LogP contribution < -0.4 is 5.32 Å². The van der Waals surface area contributed by atoms with Gasteiger partial charge in [-0.2, -0.15) is 0 Å². The van der Waals surface area contributed by atoms with E-state index in [-0.39, 0.29) is 23.8 Å². The summed E-state index contributed by atoms with van der Waals surface area (Å²) < 4.78 is 11.0. The zero-order valence-electron chi connectivity index (χ0n) is 17.2. The number of carbonyl (C=O) groups is 2. The Kier molecular flexibility index (Phi) is 11.8. The quantitative estimate of drug-likeness (QED) is 0.502. The smallest absolute Gasteiger partial charge is 0.220 e. The highest BCUT2D eigenvalue weighted by molar-refractivity contribution is 5.83. The third-order valence-electron chi connectivity index (χ3n) is 4.78. The highest BCUT2D eigenvalue weighted by Crippen LogP contribution is 2.27. The van der Waals surface area contributed by atoms with Crippen molar-refractivity contribution >= 4 is 11.7 Å². The number of hydrogen-bond acceptors (Lipinski definition) is 4. The molecular formula is C21H39NO4. The normalized spacial score (nSPS) is 20.5. The van der Waals surface area contributed by atoms with Crippen LogP contribution in [-0.4, -0.2) is 44.2 Å². The van der Waals surface area contributed by atoms with Crippen LogP contribution in [0.4, 0.5) is 0 Å². The molecule has 1 fully saturated rings. The van der Waals surface area contributed by atoms with Crippen LogP contribution >= 0.6 is 0 Å². The van der Waals surface area contributed by atoms with Gasteiger partial charge >= 0.3 is 0 Å². The largest absolute Gasteiger partial charge is 0.381 e. The molecule has 0 atom stereocenters. The van der Waals surface area contributed by atoms with Crippen LogP contribution in [0.25, 0.3) is 0 Å². The first-order chi connectivity index (χ1) is 12.4. The van der Waals surface area contributed by atoms with E-state index >= 15 is 0 Å². The Morgan fingerprint density at radius 3 is 2.15 bits per heavy atom. The summed E-state index contributed by atoms with van der Waals surface area (Å²) in [5.74, 6) is 1.36. The molecule has 1 aliphatic rings. The summed E-state index contributed by atoms with van der Waals surface area (Å²) in [6.07, 6.45) is 5.81. The average molecular weight is 370 g/mol. The van der Waals surface area contributed by atoms with Crippen molar-refractivity contribution in [1.29, 1.82) is 0 Å². The van der Waals surface area contributed by atoms with Crippen LogP contribution in [0.1, 0.15) is 72.6 Å². The van der Waals surface area contributed by atoms with Gasteiger partial charge in [0.05, 0.1) is 0 Å². The number of Topliss-reactive ketones (excluding diaryl/α,β-unsaturated/α-hetero) is 1. The summed E-state index contributed by atoms with van der Waals surface area (Å²) in [4.78, 5) is 24.1. The van der Waals surface area contributed by atoms with E-state index in [9.17, 15) is 9.59 Å². The summed E-state index contributed by atoms with van der Waals surface area (Å²) in [6, 6.07) is 0.234. The lowest BCUT2D eigenvalue weighted by Gasteiger charge is -2.29. The van der Waals surface area contributed by atoms with Crippen LogP contribution in [0.15, 0.2) is 0 Å². The summed E-state index contributed by atoms with van der Waals surface area (Å²) in [6.45, 7) is 11.1. The van der Waals surface area contributed by atoms with E-state index in [2.05, 4.69) is 19.2 Å². The zero-order valence-corrected chi connectivity index (χ0v) is 17.2. The van der Waals surface area contributed by atoms with E-state index < -0.39 is 0 Å². The second kappa shape index (κ2) is 13.3. The number of hydrogen-bond donors (Lipinski definition) is 1. The SMILES string of the molecule is CC(C)COCCCOCCCC(=O)N[C@H]1CC[C@@H](C(=O)C(C)C)CC1. The number of nitrogens with one attached hydrogen (secondary N) is 1. The maximum atomic E-state index is 12.0. The van der Waals surface area contributed by atoms with Crippen molar-refractivity contribution in [3.63, 3.8) is 0 Å². The molecule has 0 aromatic rings. The molecule has 0 aromatic carbocycles. The van der Waals surface area contributed by atoms with Crippen molar-refractivity contribution in [2.45, 2.75) is 78.7 Å². The van der Waals surface area contributed by atoms with Crippen LogP contribution in [-0.2, 0) is 19.1 Å². The van der Waals surface area contributed by atoms with Gasteiger partial charge in [-0.3, -0.25) is 9.59 Å². The van der Waals surface area contributed by atoms with Crippen LogP contribution in [0.5, 0.6) is 0 Å². The van der Waals surface area contributed by atoms with Gasteiger partial charge in [-0.25, -0.2) is 0 Å². The molecule has 0 saturated heterocycles. The van der Waals surface area contributed by atoms with Crippen LogP contribution in [0, 0.1) is 17.8 Å². The molecule has 0 unspecified atom stereocenters. The van der Waals surface area contributed by atoms with Crippen molar-refractivity contribution in [1.82, 2.24) is 5.32 Å². The standard InChI is InChI=1S/C21H39NO4/c1-16(2)15-26-14-6-13-25-12-5-7-20(23)22-19-10-8-18(9-11-19)21(24)17(3)4/h16-19H,5-15H2,1-4H3,(H,22,23)/t18-,19+. The van der Waals surface area contributed by atoms with E-state index in [0.29, 0.717) is 31.3 Å². The number of ketones is 1. The fourth-order valence-corrected chi connectivity index (χ4v) is 3.31. The number of amides is 1.